The zero-order valence-corrected chi connectivity index (χ0v) is 14.7. The van der Waals surface area contributed by atoms with E-state index in [0.29, 0.717) is 40.0 Å². The summed E-state index contributed by atoms with van der Waals surface area (Å²) < 4.78 is 29.3. The summed E-state index contributed by atoms with van der Waals surface area (Å²) in [5.74, 6) is -0.120. The molecule has 0 spiro atoms. The van der Waals surface area contributed by atoms with E-state index in [9.17, 15) is 8.78 Å². The summed E-state index contributed by atoms with van der Waals surface area (Å²) in [6.07, 6.45) is 2.09. The monoisotopic (exact) mass is 378 g/mol. The van der Waals surface area contributed by atoms with Crippen LogP contribution in [0.15, 0.2) is 48.5 Å². The number of hydrogen-bond donors (Lipinski definition) is 2. The summed E-state index contributed by atoms with van der Waals surface area (Å²) in [4.78, 5) is 9.00. The first kappa shape index (κ1) is 16.6. The van der Waals surface area contributed by atoms with E-state index in [1.165, 1.54) is 22.9 Å². The normalized spacial score (nSPS) is 13.8. The number of nitrogens with one attached hydrogen (secondary N) is 1. The van der Waals surface area contributed by atoms with Crippen molar-refractivity contribution in [1.82, 2.24) is 19.7 Å². The minimum absolute atomic E-state index is 0.262. The van der Waals surface area contributed by atoms with Crippen LogP contribution in [0.3, 0.4) is 0 Å². The van der Waals surface area contributed by atoms with Crippen LogP contribution in [0, 0.1) is 11.6 Å². The van der Waals surface area contributed by atoms with Crippen molar-refractivity contribution in [2.75, 3.05) is 11.1 Å². The molecule has 0 atom stereocenters. The van der Waals surface area contributed by atoms with Crippen LogP contribution in [-0.2, 0) is 0 Å². The molecule has 1 saturated carbocycles. The maximum Gasteiger partial charge on any atom is 0.225 e. The lowest BCUT2D eigenvalue weighted by atomic mass is 10.1. The molecule has 8 heteroatoms. The number of nitrogen functional groups attached to an aromatic ring is 1. The van der Waals surface area contributed by atoms with Gasteiger partial charge in [-0.25, -0.2) is 18.4 Å². The smallest absolute Gasteiger partial charge is 0.225 e. The van der Waals surface area contributed by atoms with Crippen LogP contribution < -0.4 is 11.1 Å². The molecular weight excluding hydrogens is 362 g/mol. The van der Waals surface area contributed by atoms with Crippen molar-refractivity contribution < 1.29 is 8.78 Å². The molecule has 4 aromatic rings. The van der Waals surface area contributed by atoms with E-state index >= 15 is 0 Å². The van der Waals surface area contributed by atoms with Gasteiger partial charge in [-0.05, 0) is 49.2 Å². The van der Waals surface area contributed by atoms with Crippen LogP contribution in [0.5, 0.6) is 0 Å². The molecule has 1 aliphatic rings. The molecule has 0 amide bonds. The molecule has 6 nitrogen and oxygen atoms in total. The van der Waals surface area contributed by atoms with Gasteiger partial charge in [-0.15, -0.1) is 5.10 Å². The predicted molar refractivity (Wildman–Crippen MR) is 103 cm³/mol. The zero-order valence-electron chi connectivity index (χ0n) is 14.7. The average molecular weight is 378 g/mol. The van der Waals surface area contributed by atoms with Gasteiger partial charge in [0.1, 0.15) is 17.5 Å². The molecule has 0 aliphatic heterocycles. The molecule has 5 rings (SSSR count). The largest absolute Gasteiger partial charge is 0.383 e. The SMILES string of the molecule is Nc1c2c(-c3ccccc3F)nc(NC3CC3)nc2nn1-c1ccc(F)cc1. The molecule has 2 aromatic carbocycles. The molecule has 0 radical (unpaired) electrons. The molecule has 2 aromatic heterocycles. The van der Waals surface area contributed by atoms with Crippen LogP contribution >= 0.6 is 0 Å². The van der Waals surface area contributed by atoms with Crippen molar-refractivity contribution in [3.8, 4) is 16.9 Å². The fourth-order valence-corrected chi connectivity index (χ4v) is 3.11. The second-order valence-corrected chi connectivity index (χ2v) is 6.77. The number of halogens is 2. The Hall–Kier alpha value is -3.55. The molecule has 2 heterocycles. The quantitative estimate of drug-likeness (QED) is 0.563. The first-order valence-electron chi connectivity index (χ1n) is 8.94. The number of fused-ring (bicyclic) bond motifs is 1. The van der Waals surface area contributed by atoms with E-state index in [-0.39, 0.29) is 11.6 Å². The highest BCUT2D eigenvalue weighted by Gasteiger charge is 2.25. The van der Waals surface area contributed by atoms with Gasteiger partial charge in [-0.1, -0.05) is 12.1 Å². The Morgan fingerprint density at radius 2 is 1.75 bits per heavy atom. The van der Waals surface area contributed by atoms with Gasteiger partial charge in [0.05, 0.1) is 16.8 Å². The van der Waals surface area contributed by atoms with E-state index in [4.69, 9.17) is 5.73 Å². The molecule has 28 heavy (non-hydrogen) atoms. The average Bonchev–Trinajstić information content (AvgIpc) is 3.44. The number of anilines is 2. The Morgan fingerprint density at radius 3 is 2.46 bits per heavy atom. The fraction of sp³-hybridized carbons (Fsp3) is 0.150. The van der Waals surface area contributed by atoms with Crippen molar-refractivity contribution >= 4 is 22.8 Å². The van der Waals surface area contributed by atoms with Crippen LogP contribution in [0.2, 0.25) is 0 Å². The van der Waals surface area contributed by atoms with E-state index in [1.54, 1.807) is 30.3 Å². The highest BCUT2D eigenvalue weighted by Crippen LogP contribution is 2.34. The van der Waals surface area contributed by atoms with E-state index in [2.05, 4.69) is 20.4 Å². The maximum atomic E-state index is 14.5. The summed E-state index contributed by atoms with van der Waals surface area (Å²) in [6.45, 7) is 0. The Kier molecular flexibility index (Phi) is 3.71. The second-order valence-electron chi connectivity index (χ2n) is 6.77. The van der Waals surface area contributed by atoms with Crippen LogP contribution in [0.1, 0.15) is 12.8 Å². The lowest BCUT2D eigenvalue weighted by molar-refractivity contribution is 0.627. The molecule has 1 aliphatic carbocycles. The molecule has 140 valence electrons. The van der Waals surface area contributed by atoms with E-state index in [1.807, 2.05) is 0 Å². The fourth-order valence-electron chi connectivity index (χ4n) is 3.11. The Labute approximate surface area is 159 Å². The van der Waals surface area contributed by atoms with Gasteiger partial charge in [0.2, 0.25) is 5.95 Å². The first-order valence-corrected chi connectivity index (χ1v) is 8.94. The third-order valence-corrected chi connectivity index (χ3v) is 4.68. The standard InChI is InChI=1S/C20H16F2N6/c21-11-5-9-13(10-6-11)28-18(23)16-17(14-3-1-2-4-15(14)22)25-20(24-12-7-8-12)26-19(16)27-28/h1-6,9-10,12H,7-8,23H2,(H,24,26,27). The number of rotatable bonds is 4. The van der Waals surface area contributed by atoms with Gasteiger partial charge in [0.15, 0.2) is 5.65 Å². The number of nitrogens with zero attached hydrogens (tertiary/aromatic N) is 4. The summed E-state index contributed by atoms with van der Waals surface area (Å²) >= 11 is 0. The molecular formula is C20H16F2N6. The van der Waals surface area contributed by atoms with Crippen molar-refractivity contribution in [2.45, 2.75) is 18.9 Å². The van der Waals surface area contributed by atoms with Crippen LogP contribution in [0.4, 0.5) is 20.5 Å². The molecule has 0 saturated heterocycles. The van der Waals surface area contributed by atoms with Crippen molar-refractivity contribution in [2.24, 2.45) is 0 Å². The molecule has 3 N–H and O–H groups in total. The summed E-state index contributed by atoms with van der Waals surface area (Å²) in [7, 11) is 0. The lowest BCUT2D eigenvalue weighted by Crippen LogP contribution is -2.06. The van der Waals surface area contributed by atoms with Crippen LogP contribution in [-0.4, -0.2) is 25.8 Å². The van der Waals surface area contributed by atoms with E-state index in [0.717, 1.165) is 12.8 Å². The van der Waals surface area contributed by atoms with Gasteiger partial charge >= 0.3 is 0 Å². The summed E-state index contributed by atoms with van der Waals surface area (Å²) in [5, 5.41) is 8.16. The molecule has 0 unspecified atom stereocenters. The first-order chi connectivity index (χ1) is 13.6. The lowest BCUT2D eigenvalue weighted by Gasteiger charge is -2.08. The molecule has 0 bridgehead atoms. The Morgan fingerprint density at radius 1 is 1.00 bits per heavy atom. The third-order valence-electron chi connectivity index (χ3n) is 4.68. The predicted octanol–water partition coefficient (Wildman–Crippen LogP) is 3.92. The van der Waals surface area contributed by atoms with E-state index < -0.39 is 5.82 Å². The maximum absolute atomic E-state index is 14.5. The van der Waals surface area contributed by atoms with Gasteiger partial charge in [-0.2, -0.15) is 4.98 Å². The van der Waals surface area contributed by atoms with Gasteiger partial charge in [0.25, 0.3) is 0 Å². The molecule has 1 fully saturated rings. The topological polar surface area (TPSA) is 81.7 Å². The third kappa shape index (κ3) is 2.83. The van der Waals surface area contributed by atoms with Gasteiger partial charge < -0.3 is 11.1 Å². The number of aromatic nitrogens is 4. The highest BCUT2D eigenvalue weighted by atomic mass is 19.1. The minimum Gasteiger partial charge on any atom is -0.383 e. The Bertz CT molecular complexity index is 1180. The van der Waals surface area contributed by atoms with Crippen molar-refractivity contribution in [1.29, 1.82) is 0 Å². The van der Waals surface area contributed by atoms with Crippen LogP contribution in [0.25, 0.3) is 28.0 Å². The second kappa shape index (κ2) is 6.26. The number of hydrogen-bond acceptors (Lipinski definition) is 5. The highest BCUT2D eigenvalue weighted by molar-refractivity contribution is 5.99. The van der Waals surface area contributed by atoms with Crippen molar-refractivity contribution in [3.05, 3.63) is 60.2 Å². The Balaban J connectivity index is 1.76. The van der Waals surface area contributed by atoms with Crippen molar-refractivity contribution in [3.63, 3.8) is 0 Å². The summed E-state index contributed by atoms with van der Waals surface area (Å²) in [5.41, 5.74) is 7.96. The zero-order chi connectivity index (χ0) is 19.3. The number of benzene rings is 2. The summed E-state index contributed by atoms with van der Waals surface area (Å²) in [6, 6.07) is 12.5. The minimum atomic E-state index is -0.409. The van der Waals surface area contributed by atoms with Gasteiger partial charge in [-0.3, -0.25) is 0 Å². The number of nitrogens with two attached hydrogens (primary N) is 1. The van der Waals surface area contributed by atoms with Gasteiger partial charge in [0, 0.05) is 11.6 Å².